The Bertz CT molecular complexity index is 1250. The van der Waals surface area contributed by atoms with Gasteiger partial charge in [0.15, 0.2) is 0 Å². The molecule has 0 spiro atoms. The van der Waals surface area contributed by atoms with Gasteiger partial charge in [0.2, 0.25) is 6.10 Å². The van der Waals surface area contributed by atoms with Gasteiger partial charge < -0.3 is 13.9 Å². The molecule has 3 aromatic carbocycles. The number of benzene rings is 3. The van der Waals surface area contributed by atoms with Crippen LogP contribution in [-0.4, -0.2) is 5.97 Å². The van der Waals surface area contributed by atoms with Crippen LogP contribution in [0.5, 0.6) is 11.5 Å². The molecule has 0 N–H and O–H groups in total. The molecule has 1 aromatic heterocycles. The molecule has 32 heavy (non-hydrogen) atoms. The third-order valence-corrected chi connectivity index (χ3v) is 5.28. The fourth-order valence-corrected chi connectivity index (χ4v) is 3.77. The number of carbonyl (C=O) groups excluding carboxylic acids is 1. The maximum atomic E-state index is 13.2. The Morgan fingerprint density at radius 2 is 1.69 bits per heavy atom. The van der Waals surface area contributed by atoms with Gasteiger partial charge in [0.25, 0.3) is 0 Å². The number of fused-ring (bicyclic) bond motifs is 1. The van der Waals surface area contributed by atoms with E-state index in [0.29, 0.717) is 22.6 Å². The molecule has 0 bridgehead atoms. The SMILES string of the molecule is CC(C)C(C(=O)OC(C#N)c1cccc(Oc2ccccc2)c1)c1cccc2occc12. The summed E-state index contributed by atoms with van der Waals surface area (Å²) in [6, 6.07) is 26.0. The maximum absolute atomic E-state index is 13.2. The fourth-order valence-electron chi connectivity index (χ4n) is 3.77. The summed E-state index contributed by atoms with van der Waals surface area (Å²) in [7, 11) is 0. The van der Waals surface area contributed by atoms with Crippen LogP contribution in [0.4, 0.5) is 0 Å². The van der Waals surface area contributed by atoms with Crippen LogP contribution in [-0.2, 0) is 9.53 Å². The zero-order valence-corrected chi connectivity index (χ0v) is 17.9. The van der Waals surface area contributed by atoms with Crippen molar-refractivity contribution in [3.63, 3.8) is 0 Å². The molecule has 0 aliphatic heterocycles. The summed E-state index contributed by atoms with van der Waals surface area (Å²) >= 11 is 0. The fraction of sp³-hybridized carbons (Fsp3) is 0.185. The number of nitriles is 1. The van der Waals surface area contributed by atoms with Gasteiger partial charge in [-0.05, 0) is 47.9 Å². The summed E-state index contributed by atoms with van der Waals surface area (Å²) < 4.78 is 17.0. The minimum atomic E-state index is -1.05. The average molecular weight is 425 g/mol. The normalized spacial score (nSPS) is 12.8. The molecule has 4 rings (SSSR count). The van der Waals surface area contributed by atoms with Crippen LogP contribution >= 0.6 is 0 Å². The minimum Gasteiger partial charge on any atom is -0.464 e. The van der Waals surface area contributed by atoms with Crippen molar-refractivity contribution in [2.75, 3.05) is 0 Å². The molecule has 0 aliphatic carbocycles. The Hall–Kier alpha value is -4.04. The Morgan fingerprint density at radius 1 is 0.938 bits per heavy atom. The lowest BCUT2D eigenvalue weighted by Gasteiger charge is -2.22. The van der Waals surface area contributed by atoms with Crippen LogP contribution in [0.15, 0.2) is 89.5 Å². The van der Waals surface area contributed by atoms with E-state index >= 15 is 0 Å². The van der Waals surface area contributed by atoms with Gasteiger partial charge in [0, 0.05) is 10.9 Å². The lowest BCUT2D eigenvalue weighted by Crippen LogP contribution is -2.22. The third-order valence-electron chi connectivity index (χ3n) is 5.28. The van der Waals surface area contributed by atoms with Crippen molar-refractivity contribution in [3.8, 4) is 17.6 Å². The number of para-hydroxylation sites is 1. The zero-order chi connectivity index (χ0) is 22.5. The molecule has 2 atom stereocenters. The van der Waals surface area contributed by atoms with Gasteiger partial charge in [-0.1, -0.05) is 56.3 Å². The zero-order valence-electron chi connectivity index (χ0n) is 17.9. The minimum absolute atomic E-state index is 0.0323. The first kappa shape index (κ1) is 21.2. The van der Waals surface area contributed by atoms with Crippen LogP contribution in [0.1, 0.15) is 37.0 Å². The number of carbonyl (C=O) groups is 1. The molecule has 0 fully saturated rings. The van der Waals surface area contributed by atoms with Crippen molar-refractivity contribution < 1.29 is 18.7 Å². The summed E-state index contributed by atoms with van der Waals surface area (Å²) in [6.45, 7) is 3.92. The first-order chi connectivity index (χ1) is 15.6. The van der Waals surface area contributed by atoms with Crippen molar-refractivity contribution >= 4 is 16.9 Å². The summed E-state index contributed by atoms with van der Waals surface area (Å²) in [5, 5.41) is 10.6. The summed E-state index contributed by atoms with van der Waals surface area (Å²) in [4.78, 5) is 13.2. The smallest absolute Gasteiger partial charge is 0.315 e. The van der Waals surface area contributed by atoms with E-state index in [1.165, 1.54) is 0 Å². The van der Waals surface area contributed by atoms with Crippen molar-refractivity contribution in [1.82, 2.24) is 0 Å². The Kier molecular flexibility index (Phi) is 6.23. The van der Waals surface area contributed by atoms with Crippen molar-refractivity contribution in [2.24, 2.45) is 5.92 Å². The molecular weight excluding hydrogens is 402 g/mol. The molecule has 0 aliphatic rings. The lowest BCUT2D eigenvalue weighted by molar-refractivity contribution is -0.149. The van der Waals surface area contributed by atoms with Gasteiger partial charge in [-0.3, -0.25) is 4.79 Å². The van der Waals surface area contributed by atoms with Gasteiger partial charge in [-0.2, -0.15) is 5.26 Å². The van der Waals surface area contributed by atoms with Gasteiger partial charge in [0.05, 0.1) is 12.2 Å². The van der Waals surface area contributed by atoms with E-state index in [-0.39, 0.29) is 5.92 Å². The summed E-state index contributed by atoms with van der Waals surface area (Å²) in [6.07, 6.45) is 0.555. The Balaban J connectivity index is 1.57. The average Bonchev–Trinajstić information content (AvgIpc) is 3.28. The molecule has 0 radical (unpaired) electrons. The topological polar surface area (TPSA) is 72.5 Å². The van der Waals surface area contributed by atoms with Gasteiger partial charge in [-0.15, -0.1) is 0 Å². The first-order valence-electron chi connectivity index (χ1n) is 10.5. The molecule has 0 saturated carbocycles. The lowest BCUT2D eigenvalue weighted by atomic mass is 9.86. The van der Waals surface area contributed by atoms with Gasteiger partial charge >= 0.3 is 5.97 Å². The quantitative estimate of drug-likeness (QED) is 0.305. The highest BCUT2D eigenvalue weighted by atomic mass is 16.5. The van der Waals surface area contributed by atoms with Crippen molar-refractivity contribution in [2.45, 2.75) is 25.9 Å². The third kappa shape index (κ3) is 4.50. The van der Waals surface area contributed by atoms with E-state index in [1.54, 1.807) is 30.5 Å². The van der Waals surface area contributed by atoms with Crippen LogP contribution in [0, 0.1) is 17.2 Å². The highest BCUT2D eigenvalue weighted by Gasteiger charge is 2.30. The van der Waals surface area contributed by atoms with E-state index in [4.69, 9.17) is 13.9 Å². The van der Waals surface area contributed by atoms with Gasteiger partial charge in [-0.25, -0.2) is 0 Å². The first-order valence-corrected chi connectivity index (χ1v) is 10.5. The van der Waals surface area contributed by atoms with E-state index in [9.17, 15) is 10.1 Å². The molecule has 1 heterocycles. The number of nitrogens with zero attached hydrogens (tertiary/aromatic N) is 1. The molecule has 5 heteroatoms. The number of rotatable bonds is 7. The highest BCUT2D eigenvalue weighted by Crippen LogP contribution is 2.34. The monoisotopic (exact) mass is 425 g/mol. The molecule has 0 amide bonds. The predicted molar refractivity (Wildman–Crippen MR) is 121 cm³/mol. The Labute approximate surface area is 186 Å². The van der Waals surface area contributed by atoms with E-state index in [1.807, 2.05) is 68.4 Å². The summed E-state index contributed by atoms with van der Waals surface area (Å²) in [5.41, 5.74) is 2.09. The molecule has 2 unspecified atom stereocenters. The number of furan rings is 1. The second-order valence-electron chi connectivity index (χ2n) is 7.83. The van der Waals surface area contributed by atoms with Crippen molar-refractivity contribution in [3.05, 3.63) is 96.3 Å². The highest BCUT2D eigenvalue weighted by molar-refractivity contribution is 5.89. The molecule has 160 valence electrons. The van der Waals surface area contributed by atoms with E-state index in [0.717, 1.165) is 10.9 Å². The van der Waals surface area contributed by atoms with Gasteiger partial charge in [0.1, 0.15) is 23.2 Å². The molecule has 0 saturated heterocycles. The second-order valence-corrected chi connectivity index (χ2v) is 7.83. The molecular formula is C27H23NO4. The second kappa shape index (κ2) is 9.40. The van der Waals surface area contributed by atoms with E-state index < -0.39 is 18.0 Å². The largest absolute Gasteiger partial charge is 0.464 e. The van der Waals surface area contributed by atoms with Crippen LogP contribution in [0.25, 0.3) is 11.0 Å². The van der Waals surface area contributed by atoms with Crippen molar-refractivity contribution in [1.29, 1.82) is 5.26 Å². The Morgan fingerprint density at radius 3 is 2.44 bits per heavy atom. The van der Waals surface area contributed by atoms with Crippen LogP contribution < -0.4 is 4.74 Å². The predicted octanol–water partition coefficient (Wildman–Crippen LogP) is 6.77. The maximum Gasteiger partial charge on any atom is 0.315 e. The standard InChI is InChI=1S/C27H23NO4/c1-18(2)26(23-12-7-13-24-22(23)14-15-30-24)27(29)32-25(17-28)19-8-6-11-21(16-19)31-20-9-4-3-5-10-20/h3-16,18,25-26H,1-2H3. The molecule has 4 aromatic rings. The van der Waals surface area contributed by atoms with Crippen LogP contribution in [0.3, 0.4) is 0 Å². The number of hydrogen-bond acceptors (Lipinski definition) is 5. The number of ether oxygens (including phenoxy) is 2. The number of hydrogen-bond donors (Lipinski definition) is 0. The molecule has 5 nitrogen and oxygen atoms in total. The van der Waals surface area contributed by atoms with E-state index in [2.05, 4.69) is 6.07 Å². The summed E-state index contributed by atoms with van der Waals surface area (Å²) in [5.74, 6) is 0.234. The van der Waals surface area contributed by atoms with Crippen LogP contribution in [0.2, 0.25) is 0 Å². The number of esters is 1.